The molecule has 1 amide bonds. The van der Waals surface area contributed by atoms with Crippen LogP contribution in [0.2, 0.25) is 0 Å². The van der Waals surface area contributed by atoms with Crippen LogP contribution in [0, 0.1) is 0 Å². The molecule has 1 aromatic rings. The van der Waals surface area contributed by atoms with Crippen molar-refractivity contribution in [1.29, 1.82) is 0 Å². The Morgan fingerprint density at radius 2 is 1.93 bits per heavy atom. The van der Waals surface area contributed by atoms with Gasteiger partial charge in [-0.15, -0.1) is 11.3 Å². The van der Waals surface area contributed by atoms with Gasteiger partial charge in [0.25, 0.3) is 0 Å². The number of hydrogen-bond donors (Lipinski definition) is 3. The van der Waals surface area contributed by atoms with Crippen LogP contribution in [0.1, 0.15) is 29.3 Å². The molecular formula is C15H18F3N3O6S. The maximum Gasteiger partial charge on any atom is 0.490 e. The number of nitrogen functional groups attached to an aromatic ring is 1. The molecule has 9 nitrogen and oxygen atoms in total. The topological polar surface area (TPSA) is 143 Å². The molecule has 156 valence electrons. The number of aliphatic carboxylic acids is 2. The molecule has 3 rings (SSSR count). The average Bonchev–Trinajstić information content (AvgIpc) is 3.00. The lowest BCUT2D eigenvalue weighted by Crippen LogP contribution is -2.54. The van der Waals surface area contributed by atoms with Crippen LogP contribution in [0.25, 0.3) is 0 Å². The maximum atomic E-state index is 12.8. The summed E-state index contributed by atoms with van der Waals surface area (Å²) in [6, 6.07) is -0.910. The smallest absolute Gasteiger partial charge is 0.480 e. The zero-order chi connectivity index (χ0) is 21.1. The quantitative estimate of drug-likeness (QED) is 0.639. The highest BCUT2D eigenvalue weighted by atomic mass is 32.1. The third-order valence-corrected chi connectivity index (χ3v) is 5.17. The number of carbonyl (C=O) groups is 3. The molecule has 1 aliphatic heterocycles. The van der Waals surface area contributed by atoms with Gasteiger partial charge in [-0.1, -0.05) is 0 Å². The van der Waals surface area contributed by atoms with E-state index in [1.807, 2.05) is 0 Å². The molecule has 2 unspecified atom stereocenters. The van der Waals surface area contributed by atoms with Crippen molar-refractivity contribution in [3.63, 3.8) is 0 Å². The Hall–Kier alpha value is -2.41. The third-order valence-electron chi connectivity index (χ3n) is 4.21. The summed E-state index contributed by atoms with van der Waals surface area (Å²) in [6.45, 7) is 0.718. The van der Waals surface area contributed by atoms with Gasteiger partial charge in [0.2, 0.25) is 5.91 Å². The van der Waals surface area contributed by atoms with Gasteiger partial charge in [-0.25, -0.2) is 14.6 Å². The second-order valence-corrected chi connectivity index (χ2v) is 7.18. The minimum atomic E-state index is -5.08. The summed E-state index contributed by atoms with van der Waals surface area (Å²) < 4.78 is 36.9. The summed E-state index contributed by atoms with van der Waals surface area (Å²) in [6.07, 6.45) is -2.61. The predicted octanol–water partition coefficient (Wildman–Crippen LogP) is 1.09. The Morgan fingerprint density at radius 3 is 2.50 bits per heavy atom. The Labute approximate surface area is 160 Å². The number of carbonyl (C=O) groups excluding carboxylic acids is 1. The van der Waals surface area contributed by atoms with Crippen LogP contribution in [-0.2, 0) is 25.5 Å². The number of aromatic nitrogens is 1. The van der Waals surface area contributed by atoms with Crippen LogP contribution in [-0.4, -0.2) is 69.9 Å². The number of fused-ring (bicyclic) bond motifs is 1. The molecule has 0 saturated carbocycles. The van der Waals surface area contributed by atoms with E-state index in [0.717, 1.165) is 23.4 Å². The highest BCUT2D eigenvalue weighted by Gasteiger charge is 2.39. The summed E-state index contributed by atoms with van der Waals surface area (Å²) in [7, 11) is 0. The number of nitrogens with zero attached hydrogens (tertiary/aromatic N) is 2. The highest BCUT2D eigenvalue weighted by Crippen LogP contribution is 2.37. The van der Waals surface area contributed by atoms with Gasteiger partial charge in [-0.3, -0.25) is 4.79 Å². The monoisotopic (exact) mass is 425 g/mol. The van der Waals surface area contributed by atoms with Gasteiger partial charge in [0, 0.05) is 11.4 Å². The maximum absolute atomic E-state index is 12.8. The number of hydrogen-bond acceptors (Lipinski definition) is 7. The average molecular weight is 425 g/mol. The molecule has 28 heavy (non-hydrogen) atoms. The van der Waals surface area contributed by atoms with Gasteiger partial charge in [0.15, 0.2) is 11.2 Å². The lowest BCUT2D eigenvalue weighted by Gasteiger charge is -2.35. The van der Waals surface area contributed by atoms with Crippen molar-refractivity contribution >= 4 is 34.3 Å². The summed E-state index contributed by atoms with van der Waals surface area (Å²) in [4.78, 5) is 39.7. The van der Waals surface area contributed by atoms with Crippen LogP contribution in [0.5, 0.6) is 0 Å². The predicted molar refractivity (Wildman–Crippen MR) is 89.9 cm³/mol. The normalized spacial score (nSPS) is 21.9. The summed E-state index contributed by atoms with van der Waals surface area (Å²) in [5.41, 5.74) is 6.48. The van der Waals surface area contributed by atoms with E-state index >= 15 is 0 Å². The number of ether oxygens (including phenoxy) is 1. The first-order chi connectivity index (χ1) is 13.0. The van der Waals surface area contributed by atoms with E-state index in [-0.39, 0.29) is 18.4 Å². The largest absolute Gasteiger partial charge is 0.490 e. The van der Waals surface area contributed by atoms with Crippen LogP contribution in [0.4, 0.5) is 18.3 Å². The Bertz CT molecular complexity index is 754. The number of aryl methyl sites for hydroxylation is 1. The van der Waals surface area contributed by atoms with Crippen molar-refractivity contribution in [3.8, 4) is 0 Å². The number of anilines is 1. The van der Waals surface area contributed by atoms with Gasteiger partial charge >= 0.3 is 18.1 Å². The van der Waals surface area contributed by atoms with E-state index in [1.54, 1.807) is 0 Å². The minimum Gasteiger partial charge on any atom is -0.480 e. The number of morpholine rings is 1. The summed E-state index contributed by atoms with van der Waals surface area (Å²) in [5, 5.41) is 16.8. The molecule has 2 atom stereocenters. The molecule has 0 spiro atoms. The van der Waals surface area contributed by atoms with Crippen molar-refractivity contribution < 1.29 is 42.5 Å². The summed E-state index contributed by atoms with van der Waals surface area (Å²) >= 11 is 1.42. The van der Waals surface area contributed by atoms with Crippen LogP contribution in [0.15, 0.2) is 0 Å². The number of alkyl halides is 3. The van der Waals surface area contributed by atoms with E-state index in [2.05, 4.69) is 4.98 Å². The lowest BCUT2D eigenvalue weighted by atomic mass is 9.89. The SMILES string of the molecule is Nc1nc2c(s1)CCCC2C(=O)N1CCOCC1C(=O)O.O=C(O)C(F)(F)F. The molecule has 2 heterocycles. The number of rotatable bonds is 2. The van der Waals surface area contributed by atoms with Crippen LogP contribution < -0.4 is 5.73 Å². The lowest BCUT2D eigenvalue weighted by molar-refractivity contribution is -0.192. The molecule has 4 N–H and O–H groups in total. The van der Waals surface area contributed by atoms with E-state index in [1.165, 1.54) is 16.2 Å². The molecule has 1 fully saturated rings. The van der Waals surface area contributed by atoms with E-state index in [4.69, 9.17) is 20.4 Å². The Balaban J connectivity index is 0.000000345. The number of carboxylic acids is 2. The Kier molecular flexibility index (Phi) is 6.82. The number of carboxylic acid groups (broad SMARTS) is 2. The first-order valence-electron chi connectivity index (χ1n) is 8.18. The molecule has 2 aliphatic rings. The zero-order valence-corrected chi connectivity index (χ0v) is 15.3. The fourth-order valence-electron chi connectivity index (χ4n) is 2.95. The molecule has 13 heteroatoms. The third kappa shape index (κ3) is 5.10. The molecular weight excluding hydrogens is 407 g/mol. The standard InChI is InChI=1S/C13H17N3O4S.C2HF3O2/c14-13-15-10-7(2-1-3-9(10)21-13)11(17)16-4-5-20-6-8(16)12(18)19;3-2(4,5)1(6)7/h7-8H,1-6H2,(H2,14,15)(H,18,19);(H,6,7). The molecule has 0 aromatic carbocycles. The van der Waals surface area contributed by atoms with Crippen molar-refractivity contribution in [3.05, 3.63) is 10.6 Å². The second-order valence-electron chi connectivity index (χ2n) is 6.07. The van der Waals surface area contributed by atoms with Crippen molar-refractivity contribution in [2.24, 2.45) is 0 Å². The molecule has 0 bridgehead atoms. The molecule has 1 aromatic heterocycles. The summed E-state index contributed by atoms with van der Waals surface area (Å²) in [5.74, 6) is -4.33. The number of nitrogens with two attached hydrogens (primary N) is 1. The van der Waals surface area contributed by atoms with E-state index < -0.39 is 24.2 Å². The molecule has 1 aliphatic carbocycles. The number of halogens is 3. The first kappa shape index (κ1) is 21.9. The fourth-order valence-corrected chi connectivity index (χ4v) is 3.89. The fraction of sp³-hybridized carbons (Fsp3) is 0.600. The highest BCUT2D eigenvalue weighted by molar-refractivity contribution is 7.15. The zero-order valence-electron chi connectivity index (χ0n) is 14.4. The first-order valence-corrected chi connectivity index (χ1v) is 9.00. The van der Waals surface area contributed by atoms with Crippen LogP contribution in [0.3, 0.4) is 0 Å². The van der Waals surface area contributed by atoms with Crippen molar-refractivity contribution in [2.75, 3.05) is 25.5 Å². The van der Waals surface area contributed by atoms with Crippen molar-refractivity contribution in [1.82, 2.24) is 9.88 Å². The number of thiazole rings is 1. The van der Waals surface area contributed by atoms with Gasteiger partial charge in [-0.05, 0) is 19.3 Å². The van der Waals surface area contributed by atoms with Gasteiger partial charge < -0.3 is 25.6 Å². The molecule has 1 saturated heterocycles. The Morgan fingerprint density at radius 1 is 1.29 bits per heavy atom. The van der Waals surface area contributed by atoms with Gasteiger partial charge in [0.05, 0.1) is 24.8 Å². The molecule has 0 radical (unpaired) electrons. The van der Waals surface area contributed by atoms with Gasteiger partial charge in [0.1, 0.15) is 0 Å². The van der Waals surface area contributed by atoms with Gasteiger partial charge in [-0.2, -0.15) is 13.2 Å². The van der Waals surface area contributed by atoms with E-state index in [9.17, 15) is 27.9 Å². The number of amides is 1. The minimum absolute atomic E-state index is 0.0415. The van der Waals surface area contributed by atoms with Crippen molar-refractivity contribution in [2.45, 2.75) is 37.4 Å². The van der Waals surface area contributed by atoms with Crippen LogP contribution >= 0.6 is 11.3 Å². The van der Waals surface area contributed by atoms with E-state index in [0.29, 0.717) is 24.7 Å². The second kappa shape index (κ2) is 8.73.